The van der Waals surface area contributed by atoms with Gasteiger partial charge < -0.3 is 10.8 Å². The predicted octanol–water partition coefficient (Wildman–Crippen LogP) is 2.07. The molecule has 3 N–H and O–H groups in total. The number of aryl methyl sites for hydroxylation is 1. The van der Waals surface area contributed by atoms with E-state index < -0.39 is 6.10 Å². The van der Waals surface area contributed by atoms with E-state index in [2.05, 4.69) is 0 Å². The molecule has 0 aliphatic heterocycles. The van der Waals surface area contributed by atoms with Crippen molar-refractivity contribution in [2.75, 3.05) is 0 Å². The molecule has 0 saturated heterocycles. The van der Waals surface area contributed by atoms with Crippen molar-refractivity contribution >= 4 is 24.0 Å². The van der Waals surface area contributed by atoms with E-state index in [0.29, 0.717) is 5.02 Å². The standard InChI is InChI=1S/C10H12ClNO.ClH/c11-7-3-1-6-2-4-9(12)10(13)8(6)5-7;/h1,3,5,9-10,13H,2,4,12H2;1H. The smallest absolute Gasteiger partial charge is 0.0944 e. The topological polar surface area (TPSA) is 46.2 Å². The van der Waals surface area contributed by atoms with Crippen LogP contribution in [0, 0.1) is 0 Å². The van der Waals surface area contributed by atoms with E-state index in [0.717, 1.165) is 18.4 Å². The number of hydrogen-bond acceptors (Lipinski definition) is 2. The SMILES string of the molecule is Cl.NC1CCc2ccc(Cl)cc2C1O. The maximum atomic E-state index is 9.77. The molecule has 0 fully saturated rings. The Morgan fingerprint density at radius 2 is 2.14 bits per heavy atom. The number of benzene rings is 1. The summed E-state index contributed by atoms with van der Waals surface area (Å²) in [6.07, 6.45) is 1.23. The number of halogens is 2. The Hall–Kier alpha value is -0.280. The summed E-state index contributed by atoms with van der Waals surface area (Å²) in [7, 11) is 0. The zero-order valence-corrected chi connectivity index (χ0v) is 9.18. The van der Waals surface area contributed by atoms with Crippen LogP contribution in [0.15, 0.2) is 18.2 Å². The van der Waals surface area contributed by atoms with Crippen molar-refractivity contribution in [2.24, 2.45) is 5.73 Å². The number of aliphatic hydroxyl groups is 1. The van der Waals surface area contributed by atoms with Crippen molar-refractivity contribution in [3.63, 3.8) is 0 Å². The Morgan fingerprint density at radius 1 is 1.43 bits per heavy atom. The Kier molecular flexibility index (Phi) is 3.78. The molecule has 1 aromatic rings. The largest absolute Gasteiger partial charge is 0.387 e. The van der Waals surface area contributed by atoms with Crippen LogP contribution < -0.4 is 5.73 Å². The molecule has 1 aliphatic rings. The Morgan fingerprint density at radius 3 is 2.86 bits per heavy atom. The molecular formula is C10H13Cl2NO. The molecule has 4 heteroatoms. The second kappa shape index (κ2) is 4.49. The molecule has 2 rings (SSSR count). The lowest BCUT2D eigenvalue weighted by atomic mass is 9.86. The predicted molar refractivity (Wildman–Crippen MR) is 60.0 cm³/mol. The number of fused-ring (bicyclic) bond motifs is 1. The fraction of sp³-hybridized carbons (Fsp3) is 0.400. The van der Waals surface area contributed by atoms with E-state index in [4.69, 9.17) is 17.3 Å². The Bertz CT molecular complexity index is 330. The first-order chi connectivity index (χ1) is 6.18. The highest BCUT2D eigenvalue weighted by atomic mass is 35.5. The van der Waals surface area contributed by atoms with Crippen molar-refractivity contribution in [2.45, 2.75) is 25.0 Å². The van der Waals surface area contributed by atoms with Gasteiger partial charge in [-0.2, -0.15) is 0 Å². The lowest BCUT2D eigenvalue weighted by Gasteiger charge is -2.27. The minimum absolute atomic E-state index is 0. The van der Waals surface area contributed by atoms with E-state index >= 15 is 0 Å². The molecule has 2 nitrogen and oxygen atoms in total. The summed E-state index contributed by atoms with van der Waals surface area (Å²) < 4.78 is 0. The first kappa shape index (κ1) is 11.8. The summed E-state index contributed by atoms with van der Waals surface area (Å²) in [6.45, 7) is 0. The molecule has 78 valence electrons. The molecule has 0 heterocycles. The average molecular weight is 234 g/mol. The fourth-order valence-corrected chi connectivity index (χ4v) is 1.96. The first-order valence-corrected chi connectivity index (χ1v) is 4.78. The molecule has 2 unspecified atom stereocenters. The highest BCUT2D eigenvalue weighted by Crippen LogP contribution is 2.30. The number of hydrogen-bond donors (Lipinski definition) is 2. The molecule has 14 heavy (non-hydrogen) atoms. The van der Waals surface area contributed by atoms with Crippen LogP contribution in [-0.2, 0) is 6.42 Å². The quantitative estimate of drug-likeness (QED) is 0.721. The van der Waals surface area contributed by atoms with E-state index in [1.165, 1.54) is 5.56 Å². The van der Waals surface area contributed by atoms with E-state index in [9.17, 15) is 5.11 Å². The third-order valence-corrected chi connectivity index (χ3v) is 2.81. The summed E-state index contributed by atoms with van der Waals surface area (Å²) in [4.78, 5) is 0. The van der Waals surface area contributed by atoms with Crippen LogP contribution in [0.3, 0.4) is 0 Å². The van der Waals surface area contributed by atoms with Gasteiger partial charge in [0.05, 0.1) is 6.10 Å². The van der Waals surface area contributed by atoms with Gasteiger partial charge in [0.15, 0.2) is 0 Å². The number of rotatable bonds is 0. The van der Waals surface area contributed by atoms with Gasteiger partial charge in [0, 0.05) is 11.1 Å². The summed E-state index contributed by atoms with van der Waals surface area (Å²) in [5, 5.41) is 10.4. The van der Waals surface area contributed by atoms with Gasteiger partial charge in [0.1, 0.15) is 0 Å². The highest BCUT2D eigenvalue weighted by Gasteiger charge is 2.24. The molecule has 0 saturated carbocycles. The monoisotopic (exact) mass is 233 g/mol. The van der Waals surface area contributed by atoms with Crippen LogP contribution in [0.5, 0.6) is 0 Å². The molecule has 0 bridgehead atoms. The maximum absolute atomic E-state index is 9.77. The second-order valence-electron chi connectivity index (χ2n) is 3.49. The van der Waals surface area contributed by atoms with E-state index in [1.54, 1.807) is 6.07 Å². The Labute approximate surface area is 94.5 Å². The average Bonchev–Trinajstić information content (AvgIpc) is 2.12. The molecule has 0 spiro atoms. The van der Waals surface area contributed by atoms with Crippen LogP contribution >= 0.6 is 24.0 Å². The number of aliphatic hydroxyl groups excluding tert-OH is 1. The lowest BCUT2D eigenvalue weighted by molar-refractivity contribution is 0.134. The molecular weight excluding hydrogens is 221 g/mol. The summed E-state index contributed by atoms with van der Waals surface area (Å²) in [5.74, 6) is 0. The minimum atomic E-state index is -0.553. The van der Waals surface area contributed by atoms with Crippen LogP contribution in [-0.4, -0.2) is 11.1 Å². The zero-order chi connectivity index (χ0) is 9.42. The van der Waals surface area contributed by atoms with Crippen LogP contribution in [0.2, 0.25) is 5.02 Å². The van der Waals surface area contributed by atoms with Crippen molar-refractivity contribution in [1.82, 2.24) is 0 Å². The van der Waals surface area contributed by atoms with Gasteiger partial charge >= 0.3 is 0 Å². The van der Waals surface area contributed by atoms with Gasteiger partial charge in [-0.25, -0.2) is 0 Å². The fourth-order valence-electron chi connectivity index (χ4n) is 1.78. The van der Waals surface area contributed by atoms with Gasteiger partial charge in [0.2, 0.25) is 0 Å². The minimum Gasteiger partial charge on any atom is -0.387 e. The van der Waals surface area contributed by atoms with Crippen LogP contribution in [0.25, 0.3) is 0 Å². The van der Waals surface area contributed by atoms with Crippen LogP contribution in [0.4, 0.5) is 0 Å². The second-order valence-corrected chi connectivity index (χ2v) is 3.93. The van der Waals surface area contributed by atoms with Gasteiger partial charge in [-0.1, -0.05) is 17.7 Å². The lowest BCUT2D eigenvalue weighted by Crippen LogP contribution is -2.32. The van der Waals surface area contributed by atoms with Crippen molar-refractivity contribution in [3.8, 4) is 0 Å². The Balaban J connectivity index is 0.000000980. The highest BCUT2D eigenvalue weighted by molar-refractivity contribution is 6.30. The summed E-state index contributed by atoms with van der Waals surface area (Å²) >= 11 is 5.84. The molecule has 0 radical (unpaired) electrons. The molecule has 2 atom stereocenters. The zero-order valence-electron chi connectivity index (χ0n) is 7.61. The third kappa shape index (κ3) is 2.04. The van der Waals surface area contributed by atoms with Gasteiger partial charge in [0.25, 0.3) is 0 Å². The van der Waals surface area contributed by atoms with Gasteiger partial charge in [-0.15, -0.1) is 12.4 Å². The molecule has 0 aromatic heterocycles. The summed E-state index contributed by atoms with van der Waals surface area (Å²) in [6, 6.07) is 5.48. The van der Waals surface area contributed by atoms with Crippen molar-refractivity contribution < 1.29 is 5.11 Å². The number of nitrogens with two attached hydrogens (primary N) is 1. The maximum Gasteiger partial charge on any atom is 0.0944 e. The summed E-state index contributed by atoms with van der Waals surface area (Å²) in [5.41, 5.74) is 7.81. The van der Waals surface area contributed by atoms with Crippen molar-refractivity contribution in [3.05, 3.63) is 34.3 Å². The van der Waals surface area contributed by atoms with E-state index in [-0.39, 0.29) is 18.4 Å². The molecule has 0 amide bonds. The normalized spacial score (nSPS) is 25.1. The van der Waals surface area contributed by atoms with E-state index in [1.807, 2.05) is 12.1 Å². The molecule has 1 aliphatic carbocycles. The van der Waals surface area contributed by atoms with Gasteiger partial charge in [-0.3, -0.25) is 0 Å². The van der Waals surface area contributed by atoms with Gasteiger partial charge in [-0.05, 0) is 36.1 Å². The molecule has 1 aromatic carbocycles. The van der Waals surface area contributed by atoms with Crippen LogP contribution in [0.1, 0.15) is 23.7 Å². The van der Waals surface area contributed by atoms with Crippen molar-refractivity contribution in [1.29, 1.82) is 0 Å². The third-order valence-electron chi connectivity index (χ3n) is 2.58. The first-order valence-electron chi connectivity index (χ1n) is 4.40.